The van der Waals surface area contributed by atoms with Gasteiger partial charge in [0.15, 0.2) is 11.9 Å². The van der Waals surface area contributed by atoms with Crippen LogP contribution in [-0.2, 0) is 24.0 Å². The van der Waals surface area contributed by atoms with E-state index in [2.05, 4.69) is 25.9 Å². The van der Waals surface area contributed by atoms with Gasteiger partial charge in [0.25, 0.3) is 0 Å². The molecule has 3 amide bonds. The van der Waals surface area contributed by atoms with Crippen molar-refractivity contribution in [1.29, 1.82) is 0 Å². The normalized spacial score (nSPS) is 13.5. The molecule has 0 saturated carbocycles. The molecule has 0 heterocycles. The SMILES string of the molecule is CC[C@H](C)[C@H](NC(=O)[C@H](CCCN=C(N)N)NC(=O)[C@H](CC(=O)O)NC(=O)CCCCCCCCN=C(N)N)C(=O)O. The second-order valence-corrected chi connectivity index (χ2v) is 10.1. The molecule has 0 aromatic carbocycles. The van der Waals surface area contributed by atoms with E-state index in [0.29, 0.717) is 19.4 Å². The number of amides is 3. The van der Waals surface area contributed by atoms with Crippen molar-refractivity contribution in [1.82, 2.24) is 16.0 Å². The Labute approximate surface area is 246 Å². The quantitative estimate of drug-likeness (QED) is 0.0394. The first-order valence-electron chi connectivity index (χ1n) is 14.2. The fourth-order valence-corrected chi connectivity index (χ4v) is 3.94. The first-order valence-corrected chi connectivity index (χ1v) is 14.2. The summed E-state index contributed by atoms with van der Waals surface area (Å²) >= 11 is 0. The summed E-state index contributed by atoms with van der Waals surface area (Å²) in [7, 11) is 0. The van der Waals surface area contributed by atoms with Crippen LogP contribution in [0.2, 0.25) is 0 Å². The standard InChI is InChI=1S/C26H49N9O7/c1-3-16(2)21(24(41)42)35-22(39)17(11-10-14-32-26(29)30)34-23(40)18(15-20(37)38)33-19(36)12-8-6-4-5-7-9-13-31-25(27)28/h16-18,21H,3-15H2,1-2H3,(H,33,36)(H,34,40)(H,35,39)(H,37,38)(H,41,42)(H4,27,28,31)(H4,29,30,32)/t16-,17-,18-,21-/m0/s1. The van der Waals surface area contributed by atoms with Crippen LogP contribution in [0.15, 0.2) is 9.98 Å². The smallest absolute Gasteiger partial charge is 0.326 e. The number of nitrogens with one attached hydrogen (secondary N) is 3. The number of nitrogens with zero attached hydrogens (tertiary/aromatic N) is 2. The van der Waals surface area contributed by atoms with Crippen molar-refractivity contribution in [2.45, 2.75) is 103 Å². The summed E-state index contributed by atoms with van der Waals surface area (Å²) in [5, 5.41) is 26.2. The van der Waals surface area contributed by atoms with Crippen LogP contribution >= 0.6 is 0 Å². The van der Waals surface area contributed by atoms with Crippen LogP contribution in [0, 0.1) is 5.92 Å². The van der Waals surface area contributed by atoms with Crippen molar-refractivity contribution in [2.24, 2.45) is 38.8 Å². The molecular formula is C26H49N9O7. The molecule has 16 nitrogen and oxygen atoms in total. The second-order valence-electron chi connectivity index (χ2n) is 10.1. The molecule has 0 aromatic heterocycles. The third-order valence-corrected chi connectivity index (χ3v) is 6.49. The lowest BCUT2D eigenvalue weighted by Crippen LogP contribution is -2.57. The molecule has 240 valence electrons. The van der Waals surface area contributed by atoms with E-state index >= 15 is 0 Å². The highest BCUT2D eigenvalue weighted by atomic mass is 16.4. The van der Waals surface area contributed by atoms with Crippen LogP contribution in [0.25, 0.3) is 0 Å². The Morgan fingerprint density at radius 1 is 0.714 bits per heavy atom. The lowest BCUT2D eigenvalue weighted by molar-refractivity contribution is -0.144. The van der Waals surface area contributed by atoms with E-state index in [-0.39, 0.29) is 37.7 Å². The molecule has 0 aromatic rings. The lowest BCUT2D eigenvalue weighted by atomic mass is 9.98. The van der Waals surface area contributed by atoms with E-state index in [0.717, 1.165) is 32.1 Å². The summed E-state index contributed by atoms with van der Waals surface area (Å²) in [4.78, 5) is 69.4. The van der Waals surface area contributed by atoms with Gasteiger partial charge in [-0.15, -0.1) is 0 Å². The number of hydrogen-bond acceptors (Lipinski definition) is 7. The third kappa shape index (κ3) is 18.3. The molecule has 0 rings (SSSR count). The van der Waals surface area contributed by atoms with Gasteiger partial charge < -0.3 is 49.1 Å². The minimum absolute atomic E-state index is 0.0287. The zero-order valence-corrected chi connectivity index (χ0v) is 24.6. The van der Waals surface area contributed by atoms with E-state index in [4.69, 9.17) is 22.9 Å². The summed E-state index contributed by atoms with van der Waals surface area (Å²) in [5.74, 6) is -5.20. The Kier molecular flexibility index (Phi) is 19.5. The topological polar surface area (TPSA) is 291 Å². The molecule has 13 N–H and O–H groups in total. The Hall–Kier alpha value is -4.11. The summed E-state index contributed by atoms with van der Waals surface area (Å²) in [6, 6.07) is -3.87. The first kappa shape index (κ1) is 37.9. The molecule has 0 spiro atoms. The predicted molar refractivity (Wildman–Crippen MR) is 158 cm³/mol. The second kappa shape index (κ2) is 21.6. The average Bonchev–Trinajstić information content (AvgIpc) is 2.90. The van der Waals surface area contributed by atoms with Gasteiger partial charge in [0.05, 0.1) is 6.42 Å². The van der Waals surface area contributed by atoms with Crippen LogP contribution in [-0.4, -0.2) is 83.0 Å². The lowest BCUT2D eigenvalue weighted by Gasteiger charge is -2.26. The number of hydrogen-bond donors (Lipinski definition) is 9. The van der Waals surface area contributed by atoms with Gasteiger partial charge in [0.1, 0.15) is 18.1 Å². The van der Waals surface area contributed by atoms with Crippen molar-refractivity contribution in [3.8, 4) is 0 Å². The van der Waals surface area contributed by atoms with Crippen LogP contribution in [0.5, 0.6) is 0 Å². The molecule has 0 radical (unpaired) electrons. The number of guanidine groups is 2. The third-order valence-electron chi connectivity index (χ3n) is 6.49. The maximum atomic E-state index is 13.0. The minimum Gasteiger partial charge on any atom is -0.481 e. The zero-order chi connectivity index (χ0) is 32.1. The summed E-state index contributed by atoms with van der Waals surface area (Å²) < 4.78 is 0. The Morgan fingerprint density at radius 2 is 1.24 bits per heavy atom. The fraction of sp³-hybridized carbons (Fsp3) is 0.731. The van der Waals surface area contributed by atoms with Gasteiger partial charge in [-0.1, -0.05) is 46.0 Å². The van der Waals surface area contributed by atoms with Gasteiger partial charge >= 0.3 is 11.9 Å². The zero-order valence-electron chi connectivity index (χ0n) is 24.6. The molecule has 0 unspecified atom stereocenters. The monoisotopic (exact) mass is 599 g/mol. The fourth-order valence-electron chi connectivity index (χ4n) is 3.94. The summed E-state index contributed by atoms with van der Waals surface area (Å²) in [5.41, 5.74) is 21.2. The number of carbonyl (C=O) groups is 5. The Morgan fingerprint density at radius 3 is 1.76 bits per heavy atom. The van der Waals surface area contributed by atoms with E-state index in [9.17, 15) is 34.2 Å². The predicted octanol–water partition coefficient (Wildman–Crippen LogP) is -0.896. The number of unbranched alkanes of at least 4 members (excludes halogenated alkanes) is 5. The van der Waals surface area contributed by atoms with Gasteiger partial charge in [-0.2, -0.15) is 0 Å². The number of carboxylic acids is 2. The number of carboxylic acid groups (broad SMARTS) is 2. The molecule has 0 bridgehead atoms. The van der Waals surface area contributed by atoms with Crippen LogP contribution in [0.4, 0.5) is 0 Å². The van der Waals surface area contributed by atoms with Crippen LogP contribution < -0.4 is 38.9 Å². The average molecular weight is 600 g/mol. The highest BCUT2D eigenvalue weighted by Gasteiger charge is 2.32. The highest BCUT2D eigenvalue weighted by Crippen LogP contribution is 2.11. The maximum absolute atomic E-state index is 13.0. The molecule has 0 fully saturated rings. The highest BCUT2D eigenvalue weighted by molar-refractivity contribution is 5.95. The number of aliphatic imine (C=N–C) groups is 2. The molecule has 0 aliphatic heterocycles. The summed E-state index contributed by atoms with van der Waals surface area (Å²) in [6.07, 6.45) is 5.08. The van der Waals surface area contributed by atoms with Crippen molar-refractivity contribution in [3.05, 3.63) is 0 Å². The van der Waals surface area contributed by atoms with E-state index < -0.39 is 60.1 Å². The van der Waals surface area contributed by atoms with Gasteiger partial charge in [-0.05, 0) is 31.6 Å². The largest absolute Gasteiger partial charge is 0.481 e. The molecule has 42 heavy (non-hydrogen) atoms. The van der Waals surface area contributed by atoms with Crippen molar-refractivity contribution in [2.75, 3.05) is 13.1 Å². The van der Waals surface area contributed by atoms with E-state index in [1.165, 1.54) is 0 Å². The van der Waals surface area contributed by atoms with Crippen molar-refractivity contribution >= 4 is 41.6 Å². The molecule has 0 aliphatic carbocycles. The van der Waals surface area contributed by atoms with Crippen LogP contribution in [0.3, 0.4) is 0 Å². The van der Waals surface area contributed by atoms with Gasteiger partial charge in [0, 0.05) is 19.5 Å². The molecule has 4 atom stereocenters. The first-order chi connectivity index (χ1) is 19.8. The maximum Gasteiger partial charge on any atom is 0.326 e. The minimum atomic E-state index is -1.44. The Balaban J connectivity index is 5.20. The number of carbonyl (C=O) groups excluding carboxylic acids is 3. The molecule has 16 heteroatoms. The number of rotatable bonds is 23. The van der Waals surface area contributed by atoms with Gasteiger partial charge in [-0.3, -0.25) is 29.2 Å². The van der Waals surface area contributed by atoms with Gasteiger partial charge in [0.2, 0.25) is 17.7 Å². The number of aliphatic carboxylic acids is 2. The van der Waals surface area contributed by atoms with Crippen LogP contribution in [0.1, 0.15) is 84.5 Å². The molecule has 0 saturated heterocycles. The van der Waals surface area contributed by atoms with Crippen molar-refractivity contribution < 1.29 is 34.2 Å². The molecular weight excluding hydrogens is 550 g/mol. The Bertz CT molecular complexity index is 935. The molecule has 0 aliphatic rings. The number of nitrogens with two attached hydrogens (primary N) is 4. The van der Waals surface area contributed by atoms with Gasteiger partial charge in [-0.25, -0.2) is 4.79 Å². The van der Waals surface area contributed by atoms with E-state index in [1.54, 1.807) is 13.8 Å². The summed E-state index contributed by atoms with van der Waals surface area (Å²) in [6.45, 7) is 4.15. The van der Waals surface area contributed by atoms with E-state index in [1.807, 2.05) is 0 Å². The van der Waals surface area contributed by atoms with Crippen molar-refractivity contribution in [3.63, 3.8) is 0 Å².